The van der Waals surface area contributed by atoms with Gasteiger partial charge in [-0.25, -0.2) is 14.2 Å². The predicted molar refractivity (Wildman–Crippen MR) is 82.3 cm³/mol. The van der Waals surface area contributed by atoms with E-state index < -0.39 is 12.1 Å². The van der Waals surface area contributed by atoms with Gasteiger partial charge in [0.2, 0.25) is 6.17 Å². The Labute approximate surface area is 129 Å². The standard InChI is InChI=1S/C17H22FNO3/c1-5-17(3,6-2)10-14-19-12-9-11(7-8-13(12)22-14)15(18)16(20)21-4/h7-9,15H,5-6,10H2,1-4H3. The van der Waals surface area contributed by atoms with Crippen molar-refractivity contribution < 1.29 is 18.3 Å². The summed E-state index contributed by atoms with van der Waals surface area (Å²) in [5.41, 5.74) is 1.53. The number of nitrogens with zero attached hydrogens (tertiary/aromatic N) is 1. The van der Waals surface area contributed by atoms with E-state index in [9.17, 15) is 9.18 Å². The molecule has 1 heterocycles. The van der Waals surface area contributed by atoms with Crippen molar-refractivity contribution in [1.29, 1.82) is 0 Å². The number of rotatable bonds is 6. The van der Waals surface area contributed by atoms with Crippen molar-refractivity contribution in [3.8, 4) is 0 Å². The van der Waals surface area contributed by atoms with Gasteiger partial charge in [0.15, 0.2) is 11.5 Å². The second-order valence-electron chi connectivity index (χ2n) is 5.92. The highest BCUT2D eigenvalue weighted by atomic mass is 19.1. The highest BCUT2D eigenvalue weighted by Crippen LogP contribution is 2.31. The lowest BCUT2D eigenvalue weighted by Crippen LogP contribution is -2.17. The van der Waals surface area contributed by atoms with E-state index in [1.54, 1.807) is 12.1 Å². The van der Waals surface area contributed by atoms with Crippen LogP contribution in [0.5, 0.6) is 0 Å². The number of aromatic nitrogens is 1. The zero-order valence-electron chi connectivity index (χ0n) is 13.5. The molecule has 1 unspecified atom stereocenters. The Morgan fingerprint density at radius 1 is 1.41 bits per heavy atom. The molecular weight excluding hydrogens is 285 g/mol. The number of esters is 1. The van der Waals surface area contributed by atoms with Gasteiger partial charge in [-0.05, 0) is 23.1 Å². The highest BCUT2D eigenvalue weighted by molar-refractivity contribution is 5.80. The first-order valence-electron chi connectivity index (χ1n) is 7.53. The molecule has 0 radical (unpaired) electrons. The molecule has 0 fully saturated rings. The average Bonchev–Trinajstić information content (AvgIpc) is 2.93. The molecule has 0 N–H and O–H groups in total. The third kappa shape index (κ3) is 3.29. The van der Waals surface area contributed by atoms with Crippen molar-refractivity contribution in [3.05, 3.63) is 29.7 Å². The van der Waals surface area contributed by atoms with Crippen molar-refractivity contribution in [3.63, 3.8) is 0 Å². The Balaban J connectivity index is 2.30. The van der Waals surface area contributed by atoms with Crippen molar-refractivity contribution >= 4 is 17.1 Å². The Hall–Kier alpha value is -1.91. The van der Waals surface area contributed by atoms with Crippen molar-refractivity contribution in [1.82, 2.24) is 4.98 Å². The summed E-state index contributed by atoms with van der Waals surface area (Å²) in [7, 11) is 1.16. The van der Waals surface area contributed by atoms with Crippen molar-refractivity contribution in [2.45, 2.75) is 46.2 Å². The largest absolute Gasteiger partial charge is 0.467 e. The van der Waals surface area contributed by atoms with Crippen LogP contribution in [0.25, 0.3) is 11.1 Å². The van der Waals surface area contributed by atoms with Gasteiger partial charge >= 0.3 is 5.97 Å². The number of carbonyl (C=O) groups is 1. The molecule has 5 heteroatoms. The fourth-order valence-electron chi connectivity index (χ4n) is 2.33. The molecule has 120 valence electrons. The molecule has 0 saturated carbocycles. The van der Waals surface area contributed by atoms with E-state index in [1.165, 1.54) is 6.07 Å². The summed E-state index contributed by atoms with van der Waals surface area (Å²) in [5, 5.41) is 0. The van der Waals surface area contributed by atoms with Crippen LogP contribution >= 0.6 is 0 Å². The lowest BCUT2D eigenvalue weighted by atomic mass is 9.81. The quantitative estimate of drug-likeness (QED) is 0.743. The van der Waals surface area contributed by atoms with Gasteiger partial charge in [0, 0.05) is 6.42 Å². The van der Waals surface area contributed by atoms with Gasteiger partial charge < -0.3 is 9.15 Å². The lowest BCUT2D eigenvalue weighted by molar-refractivity contribution is -0.146. The summed E-state index contributed by atoms with van der Waals surface area (Å²) in [5.74, 6) is -0.264. The smallest absolute Gasteiger partial charge is 0.345 e. The molecule has 0 spiro atoms. The normalized spacial score (nSPS) is 13.3. The van der Waals surface area contributed by atoms with Crippen molar-refractivity contribution in [2.75, 3.05) is 7.11 Å². The maximum absolute atomic E-state index is 13.9. The molecule has 0 aliphatic heterocycles. The maximum atomic E-state index is 13.9. The summed E-state index contributed by atoms with van der Waals surface area (Å²) < 4.78 is 24.1. The van der Waals surface area contributed by atoms with Gasteiger partial charge in [-0.15, -0.1) is 0 Å². The van der Waals surface area contributed by atoms with E-state index >= 15 is 0 Å². The SMILES string of the molecule is CCC(C)(CC)Cc1nc2cc(C(F)C(=O)OC)ccc2o1. The molecule has 0 aliphatic rings. The molecule has 0 bridgehead atoms. The summed E-state index contributed by atoms with van der Waals surface area (Å²) in [6.45, 7) is 6.49. The second-order valence-corrected chi connectivity index (χ2v) is 5.92. The Morgan fingerprint density at radius 2 is 2.09 bits per heavy atom. The number of hydrogen-bond acceptors (Lipinski definition) is 4. The van der Waals surface area contributed by atoms with Gasteiger partial charge in [0.1, 0.15) is 5.52 Å². The Bertz CT molecular complexity index is 661. The topological polar surface area (TPSA) is 52.3 Å². The van der Waals surface area contributed by atoms with E-state index in [0.29, 0.717) is 17.0 Å². The first-order chi connectivity index (χ1) is 10.4. The average molecular weight is 307 g/mol. The van der Waals surface area contributed by atoms with Crippen LogP contribution in [0.15, 0.2) is 22.6 Å². The Kier molecular flexibility index (Phi) is 4.84. The van der Waals surface area contributed by atoms with Gasteiger partial charge in [0.05, 0.1) is 7.11 Å². The molecule has 4 nitrogen and oxygen atoms in total. The van der Waals surface area contributed by atoms with Gasteiger partial charge in [0.25, 0.3) is 0 Å². The van der Waals surface area contributed by atoms with E-state index in [-0.39, 0.29) is 11.0 Å². The van der Waals surface area contributed by atoms with Gasteiger partial charge in [-0.2, -0.15) is 0 Å². The van der Waals surface area contributed by atoms with Crippen LogP contribution in [0.3, 0.4) is 0 Å². The molecule has 0 saturated heterocycles. The van der Waals surface area contributed by atoms with E-state index in [0.717, 1.165) is 26.4 Å². The van der Waals surface area contributed by atoms with Crippen LogP contribution in [0.1, 0.15) is 51.2 Å². The van der Waals surface area contributed by atoms with E-state index in [4.69, 9.17) is 4.42 Å². The number of methoxy groups -OCH3 is 1. The number of ether oxygens (including phenoxy) is 1. The third-order valence-electron chi connectivity index (χ3n) is 4.44. The molecule has 1 aromatic heterocycles. The number of fused-ring (bicyclic) bond motifs is 1. The van der Waals surface area contributed by atoms with Crippen LogP contribution in [0, 0.1) is 5.41 Å². The van der Waals surface area contributed by atoms with Crippen LogP contribution in [-0.2, 0) is 16.0 Å². The number of hydrogen-bond donors (Lipinski definition) is 0. The van der Waals surface area contributed by atoms with E-state index in [2.05, 4.69) is 30.5 Å². The predicted octanol–water partition coefficient (Wildman–Crippen LogP) is 4.38. The molecule has 22 heavy (non-hydrogen) atoms. The van der Waals surface area contributed by atoms with Crippen LogP contribution in [0.2, 0.25) is 0 Å². The van der Waals surface area contributed by atoms with Gasteiger partial charge in [-0.1, -0.05) is 39.7 Å². The minimum absolute atomic E-state index is 0.137. The zero-order valence-corrected chi connectivity index (χ0v) is 13.5. The zero-order chi connectivity index (χ0) is 16.3. The number of halogens is 1. The molecule has 0 amide bonds. The number of oxazole rings is 1. The minimum Gasteiger partial charge on any atom is -0.467 e. The van der Waals surface area contributed by atoms with Crippen LogP contribution in [-0.4, -0.2) is 18.1 Å². The second kappa shape index (κ2) is 6.46. The minimum atomic E-state index is -1.80. The first kappa shape index (κ1) is 16.5. The highest BCUT2D eigenvalue weighted by Gasteiger charge is 2.24. The molecule has 2 aromatic rings. The number of alkyl halides is 1. The summed E-state index contributed by atoms with van der Waals surface area (Å²) in [6, 6.07) is 4.71. The number of benzene rings is 1. The summed E-state index contributed by atoms with van der Waals surface area (Å²) in [6.07, 6.45) is 0.997. The number of carbonyl (C=O) groups excluding carboxylic acids is 1. The van der Waals surface area contributed by atoms with Crippen molar-refractivity contribution in [2.24, 2.45) is 5.41 Å². The third-order valence-corrected chi connectivity index (χ3v) is 4.44. The molecule has 2 rings (SSSR count). The van der Waals surface area contributed by atoms with Crippen LogP contribution < -0.4 is 0 Å². The maximum Gasteiger partial charge on any atom is 0.345 e. The molecule has 1 aromatic carbocycles. The fraction of sp³-hybridized carbons (Fsp3) is 0.529. The molecule has 1 atom stereocenters. The monoisotopic (exact) mass is 307 g/mol. The van der Waals surface area contributed by atoms with Crippen LogP contribution in [0.4, 0.5) is 4.39 Å². The Morgan fingerprint density at radius 3 is 2.68 bits per heavy atom. The molecule has 0 aliphatic carbocycles. The van der Waals surface area contributed by atoms with Gasteiger partial charge in [-0.3, -0.25) is 0 Å². The first-order valence-corrected chi connectivity index (χ1v) is 7.53. The summed E-state index contributed by atoms with van der Waals surface area (Å²) >= 11 is 0. The molecular formula is C17H22FNO3. The fourth-order valence-corrected chi connectivity index (χ4v) is 2.33. The van der Waals surface area contributed by atoms with E-state index in [1.807, 2.05) is 0 Å². The summed E-state index contributed by atoms with van der Waals surface area (Å²) in [4.78, 5) is 15.7. The lowest BCUT2D eigenvalue weighted by Gasteiger charge is -2.24.